The first-order chi connectivity index (χ1) is 21.0. The van der Waals surface area contributed by atoms with Crippen molar-refractivity contribution >= 4 is 28.8 Å². The number of ether oxygens (including phenoxy) is 1. The highest BCUT2D eigenvalue weighted by Gasteiger charge is 2.34. The van der Waals surface area contributed by atoms with E-state index < -0.39 is 11.9 Å². The molecule has 3 aliphatic rings. The van der Waals surface area contributed by atoms with Gasteiger partial charge in [-0.15, -0.1) is 0 Å². The molecule has 3 atom stereocenters. The Morgan fingerprint density at radius 2 is 1.98 bits per heavy atom. The lowest BCUT2D eigenvalue weighted by molar-refractivity contribution is -0.116. The number of aromatic nitrogens is 2. The molecule has 1 aliphatic carbocycles. The molecule has 0 unspecified atom stereocenters. The predicted octanol–water partition coefficient (Wildman–Crippen LogP) is 2.96. The number of hydrogen-bond acceptors (Lipinski definition) is 9. The number of allylic oxidation sites excluding steroid dienone is 1. The topological polar surface area (TPSA) is 129 Å². The normalized spacial score (nSPS) is 22.7. The Kier molecular flexibility index (Phi) is 8.25. The molecule has 1 aromatic heterocycles. The van der Waals surface area contributed by atoms with E-state index in [-0.39, 0.29) is 5.70 Å². The molecule has 2 aromatic carbocycles. The number of piperazine rings is 1. The van der Waals surface area contributed by atoms with E-state index in [1.807, 2.05) is 0 Å². The van der Waals surface area contributed by atoms with Gasteiger partial charge in [0.2, 0.25) is 0 Å². The lowest BCUT2D eigenvalue weighted by Gasteiger charge is -2.41. The van der Waals surface area contributed by atoms with Crippen LogP contribution in [0.1, 0.15) is 42.0 Å². The number of fused-ring (bicyclic) bond motifs is 2. The van der Waals surface area contributed by atoms with E-state index >= 15 is 0 Å². The van der Waals surface area contributed by atoms with Gasteiger partial charge in [-0.2, -0.15) is 15.2 Å². The van der Waals surface area contributed by atoms with Gasteiger partial charge < -0.3 is 25.2 Å². The van der Waals surface area contributed by atoms with Crippen LogP contribution in [0.25, 0.3) is 10.8 Å². The minimum atomic E-state index is -0.729. The smallest absolute Gasteiger partial charge is 0.318 e. The number of amides is 1. The molecule has 10 nitrogen and oxygen atoms in total. The highest BCUT2D eigenvalue weighted by Crippen LogP contribution is 2.39. The van der Waals surface area contributed by atoms with Gasteiger partial charge in [0.15, 0.2) is 0 Å². The third-order valence-corrected chi connectivity index (χ3v) is 9.19. The van der Waals surface area contributed by atoms with Crippen LogP contribution in [-0.2, 0) is 22.4 Å². The number of nitrogens with zero attached hydrogens (tertiary/aromatic N) is 6. The van der Waals surface area contributed by atoms with E-state index in [1.165, 1.54) is 16.3 Å². The SMILES string of the molecule is CN1CCC[C@H]1COc1nc2c(c(N3CCN(C(=CC=O)C(N)=O)[C@H](C#N)C3)n1)CC[C@H](c1cccc3ccccc13)C2. The van der Waals surface area contributed by atoms with E-state index in [0.717, 1.165) is 61.8 Å². The van der Waals surface area contributed by atoms with Crippen molar-refractivity contribution in [2.75, 3.05) is 44.7 Å². The van der Waals surface area contributed by atoms with Gasteiger partial charge in [-0.3, -0.25) is 9.59 Å². The third-order valence-electron chi connectivity index (χ3n) is 9.19. The maximum absolute atomic E-state index is 12.1. The summed E-state index contributed by atoms with van der Waals surface area (Å²) < 4.78 is 6.27. The van der Waals surface area contributed by atoms with Gasteiger partial charge in [-0.25, -0.2) is 0 Å². The van der Waals surface area contributed by atoms with Crippen LogP contribution in [0.15, 0.2) is 54.2 Å². The van der Waals surface area contributed by atoms with Crippen molar-refractivity contribution < 1.29 is 14.3 Å². The van der Waals surface area contributed by atoms with E-state index in [2.05, 4.69) is 65.4 Å². The second-order valence-electron chi connectivity index (χ2n) is 11.7. The summed E-state index contributed by atoms with van der Waals surface area (Å²) >= 11 is 0. The quantitative estimate of drug-likeness (QED) is 0.316. The Labute approximate surface area is 251 Å². The lowest BCUT2D eigenvalue weighted by atomic mass is 9.80. The zero-order valence-corrected chi connectivity index (χ0v) is 24.5. The van der Waals surface area contributed by atoms with Crippen LogP contribution < -0.4 is 15.4 Å². The molecule has 0 saturated carbocycles. The number of rotatable bonds is 8. The maximum Gasteiger partial charge on any atom is 0.318 e. The first-order valence-corrected chi connectivity index (χ1v) is 15.0. The zero-order valence-electron chi connectivity index (χ0n) is 24.5. The molecule has 3 heterocycles. The number of carbonyl (C=O) groups is 2. The van der Waals surface area contributed by atoms with Gasteiger partial charge in [0.1, 0.15) is 30.4 Å². The number of hydrogen-bond donors (Lipinski definition) is 1. The fourth-order valence-electron chi connectivity index (χ4n) is 6.89. The highest BCUT2D eigenvalue weighted by atomic mass is 16.5. The van der Waals surface area contributed by atoms with Crippen LogP contribution in [0.5, 0.6) is 6.01 Å². The summed E-state index contributed by atoms with van der Waals surface area (Å²) in [5, 5.41) is 12.6. The Balaban J connectivity index is 1.32. The van der Waals surface area contributed by atoms with Gasteiger partial charge in [0, 0.05) is 30.8 Å². The molecule has 1 amide bonds. The molecule has 222 valence electrons. The van der Waals surface area contributed by atoms with Crippen LogP contribution in [0.2, 0.25) is 0 Å². The standard InChI is InChI=1S/C33H37N7O3/c1-38-14-5-8-24(38)21-43-33-36-29-18-23(27-10-4-7-22-6-2-3-9-26(22)27)11-12-28(29)32(37-33)39-15-16-40(25(19-34)20-39)30(13-17-41)31(35)42/h2-4,6-7,9-10,13,17,23-25H,5,8,11-12,14-16,18,20-21H2,1H3,(H2,35,42)/t23-,24-,25+/m0/s1. The van der Waals surface area contributed by atoms with Crippen molar-refractivity contribution in [3.63, 3.8) is 0 Å². The minimum absolute atomic E-state index is 0.0496. The summed E-state index contributed by atoms with van der Waals surface area (Å²) in [7, 11) is 2.12. The van der Waals surface area contributed by atoms with E-state index in [4.69, 9.17) is 20.4 Å². The third kappa shape index (κ3) is 5.77. The molecule has 2 N–H and O–H groups in total. The van der Waals surface area contributed by atoms with Gasteiger partial charge in [0.25, 0.3) is 5.91 Å². The molecule has 3 aromatic rings. The molecule has 2 saturated heterocycles. The molecule has 0 spiro atoms. The van der Waals surface area contributed by atoms with Gasteiger partial charge in [-0.1, -0.05) is 42.5 Å². The molecule has 2 fully saturated rings. The Hall–Kier alpha value is -4.49. The summed E-state index contributed by atoms with van der Waals surface area (Å²) in [5.74, 6) is 0.369. The van der Waals surface area contributed by atoms with E-state index in [1.54, 1.807) is 4.90 Å². The summed E-state index contributed by atoms with van der Waals surface area (Å²) in [6.07, 6.45) is 6.43. The number of benzene rings is 2. The first-order valence-electron chi connectivity index (χ1n) is 15.0. The molecule has 0 bridgehead atoms. The number of nitrogens with two attached hydrogens (primary N) is 1. The lowest BCUT2D eigenvalue weighted by Crippen LogP contribution is -2.54. The van der Waals surface area contributed by atoms with Crippen LogP contribution >= 0.6 is 0 Å². The second kappa shape index (κ2) is 12.4. The Morgan fingerprint density at radius 3 is 2.74 bits per heavy atom. The second-order valence-corrected chi connectivity index (χ2v) is 11.7. The summed E-state index contributed by atoms with van der Waals surface area (Å²) in [6.45, 7) is 2.74. The average molecular weight is 580 g/mol. The number of primary amides is 1. The molecule has 2 aliphatic heterocycles. The van der Waals surface area contributed by atoms with Crippen molar-refractivity contribution in [3.8, 4) is 12.1 Å². The number of likely N-dealkylation sites (tertiary alicyclic amines) is 1. The van der Waals surface area contributed by atoms with Crippen LogP contribution in [0.4, 0.5) is 5.82 Å². The van der Waals surface area contributed by atoms with Crippen LogP contribution in [0.3, 0.4) is 0 Å². The predicted molar refractivity (Wildman–Crippen MR) is 164 cm³/mol. The Bertz CT molecular complexity index is 1590. The fourth-order valence-corrected chi connectivity index (χ4v) is 6.89. The minimum Gasteiger partial charge on any atom is -0.462 e. The van der Waals surface area contributed by atoms with Crippen LogP contribution in [-0.4, -0.2) is 83.9 Å². The highest BCUT2D eigenvalue weighted by molar-refractivity contribution is 5.95. The molecule has 0 radical (unpaired) electrons. The first kappa shape index (κ1) is 28.6. The molecule has 6 rings (SSSR count). The zero-order chi connectivity index (χ0) is 29.9. The summed E-state index contributed by atoms with van der Waals surface area (Å²) in [6, 6.07) is 17.3. The molecular weight excluding hydrogens is 542 g/mol. The molecular formula is C33H37N7O3. The number of nitriles is 1. The summed E-state index contributed by atoms with van der Waals surface area (Å²) in [4.78, 5) is 39.2. The van der Waals surface area contributed by atoms with Crippen molar-refractivity contribution in [1.29, 1.82) is 5.26 Å². The summed E-state index contributed by atoms with van der Waals surface area (Å²) in [5.41, 5.74) is 9.00. The maximum atomic E-state index is 12.1. The number of anilines is 1. The van der Waals surface area contributed by atoms with Crippen molar-refractivity contribution in [1.82, 2.24) is 19.8 Å². The van der Waals surface area contributed by atoms with Gasteiger partial charge >= 0.3 is 6.01 Å². The monoisotopic (exact) mass is 579 g/mol. The average Bonchev–Trinajstić information content (AvgIpc) is 3.45. The number of aldehydes is 1. The number of carbonyl (C=O) groups excluding carboxylic acids is 2. The van der Waals surface area contributed by atoms with E-state index in [9.17, 15) is 14.9 Å². The number of likely N-dealkylation sites (N-methyl/N-ethyl adjacent to an activating group) is 1. The van der Waals surface area contributed by atoms with Crippen molar-refractivity contribution in [3.05, 3.63) is 71.1 Å². The van der Waals surface area contributed by atoms with Crippen molar-refractivity contribution in [2.24, 2.45) is 5.73 Å². The van der Waals surface area contributed by atoms with Gasteiger partial charge in [0.05, 0.1) is 18.3 Å². The van der Waals surface area contributed by atoms with Crippen LogP contribution in [0, 0.1) is 11.3 Å². The molecule has 10 heteroatoms. The van der Waals surface area contributed by atoms with Gasteiger partial charge in [-0.05, 0) is 68.0 Å². The fraction of sp³-hybridized carbons (Fsp3) is 0.424. The largest absolute Gasteiger partial charge is 0.462 e. The Morgan fingerprint density at radius 1 is 1.14 bits per heavy atom. The van der Waals surface area contributed by atoms with Crippen molar-refractivity contribution in [2.45, 2.75) is 50.1 Å². The molecule has 43 heavy (non-hydrogen) atoms. The van der Waals surface area contributed by atoms with E-state index in [0.29, 0.717) is 50.5 Å².